The first-order chi connectivity index (χ1) is 9.35. The summed E-state index contributed by atoms with van der Waals surface area (Å²) in [6.45, 7) is 5.77. The van der Waals surface area contributed by atoms with Crippen LogP contribution in [-0.4, -0.2) is 19.7 Å². The zero-order valence-corrected chi connectivity index (χ0v) is 12.0. The molecule has 0 fully saturated rings. The molecule has 19 heavy (non-hydrogen) atoms. The van der Waals surface area contributed by atoms with E-state index in [1.807, 2.05) is 0 Å². The fraction of sp³-hybridized carbons (Fsp3) is 0.625. The number of nitrogens with two attached hydrogens (primary N) is 1. The van der Waals surface area contributed by atoms with E-state index < -0.39 is 0 Å². The van der Waals surface area contributed by atoms with E-state index in [9.17, 15) is 0 Å². The van der Waals surface area contributed by atoms with E-state index in [1.54, 1.807) is 0 Å². The Morgan fingerprint density at radius 3 is 2.84 bits per heavy atom. The summed E-state index contributed by atoms with van der Waals surface area (Å²) >= 11 is 0. The summed E-state index contributed by atoms with van der Waals surface area (Å²) in [5.74, 6) is 1.00. The second-order valence-electron chi connectivity index (χ2n) is 5.26. The van der Waals surface area contributed by atoms with E-state index in [4.69, 9.17) is 10.5 Å². The van der Waals surface area contributed by atoms with Crippen molar-refractivity contribution < 1.29 is 4.74 Å². The van der Waals surface area contributed by atoms with Crippen LogP contribution in [0.25, 0.3) is 0 Å². The summed E-state index contributed by atoms with van der Waals surface area (Å²) in [6.07, 6.45) is 6.64. The Hall–Kier alpha value is -1.22. The molecule has 0 unspecified atom stereocenters. The van der Waals surface area contributed by atoms with Crippen molar-refractivity contribution in [2.45, 2.75) is 45.6 Å². The molecule has 1 heterocycles. The number of fused-ring (bicyclic) bond motifs is 1. The van der Waals surface area contributed by atoms with E-state index in [0.29, 0.717) is 6.54 Å². The lowest BCUT2D eigenvalue weighted by molar-refractivity contribution is 0.306. The van der Waals surface area contributed by atoms with Crippen molar-refractivity contribution in [2.75, 3.05) is 24.6 Å². The molecule has 1 aromatic carbocycles. The third kappa shape index (κ3) is 3.87. The predicted octanol–water partition coefficient (Wildman–Crippen LogP) is 3.31. The minimum Gasteiger partial charge on any atom is -0.490 e. The Bertz CT molecular complexity index is 392. The van der Waals surface area contributed by atoms with E-state index in [-0.39, 0.29) is 0 Å². The topological polar surface area (TPSA) is 38.5 Å². The van der Waals surface area contributed by atoms with Gasteiger partial charge in [0.15, 0.2) is 0 Å². The molecule has 0 saturated heterocycles. The molecule has 0 atom stereocenters. The summed E-state index contributed by atoms with van der Waals surface area (Å²) in [6, 6.07) is 6.35. The van der Waals surface area contributed by atoms with Crippen molar-refractivity contribution in [3.63, 3.8) is 0 Å². The van der Waals surface area contributed by atoms with Crippen LogP contribution in [0.2, 0.25) is 0 Å². The molecule has 1 aliphatic rings. The minimum atomic E-state index is 0.577. The number of ether oxygens (including phenoxy) is 1. The summed E-state index contributed by atoms with van der Waals surface area (Å²) in [4.78, 5) is 2.45. The molecule has 1 aliphatic heterocycles. The van der Waals surface area contributed by atoms with Gasteiger partial charge in [0.1, 0.15) is 12.4 Å². The normalized spacial score (nSPS) is 14.1. The fourth-order valence-electron chi connectivity index (χ4n) is 2.59. The molecule has 1 aromatic rings. The van der Waals surface area contributed by atoms with Crippen LogP contribution in [0.1, 0.15) is 44.6 Å². The lowest BCUT2D eigenvalue weighted by atomic mass is 10.1. The number of hydrogen-bond acceptors (Lipinski definition) is 3. The fourth-order valence-corrected chi connectivity index (χ4v) is 2.59. The van der Waals surface area contributed by atoms with Crippen LogP contribution in [0.3, 0.4) is 0 Å². The monoisotopic (exact) mass is 262 g/mol. The van der Waals surface area contributed by atoms with E-state index in [2.05, 4.69) is 30.0 Å². The van der Waals surface area contributed by atoms with Gasteiger partial charge in [-0.2, -0.15) is 0 Å². The average Bonchev–Trinajstić information content (AvgIpc) is 2.46. The average molecular weight is 262 g/mol. The number of unbranched alkanes of at least 4 members (excludes halogenated alkanes) is 4. The molecular weight excluding hydrogens is 236 g/mol. The largest absolute Gasteiger partial charge is 0.490 e. The standard InChI is InChI=1S/C16H26N2O/c1-2-3-4-5-6-9-18-10-11-19-16-12-14(13-17)7-8-15(16)18/h7-8,12H,2-6,9-11,13,17H2,1H3. The quantitative estimate of drug-likeness (QED) is 0.766. The molecule has 0 amide bonds. The van der Waals surface area contributed by atoms with Crippen LogP contribution < -0.4 is 15.4 Å². The van der Waals surface area contributed by atoms with Gasteiger partial charge in [-0.15, -0.1) is 0 Å². The Balaban J connectivity index is 1.90. The van der Waals surface area contributed by atoms with E-state index in [0.717, 1.165) is 31.0 Å². The van der Waals surface area contributed by atoms with Gasteiger partial charge in [-0.1, -0.05) is 38.7 Å². The highest BCUT2D eigenvalue weighted by molar-refractivity contribution is 5.61. The molecule has 3 heteroatoms. The Kier molecular flexibility index (Phi) is 5.52. The van der Waals surface area contributed by atoms with Crippen LogP contribution in [0.4, 0.5) is 5.69 Å². The second-order valence-corrected chi connectivity index (χ2v) is 5.26. The number of rotatable bonds is 7. The van der Waals surface area contributed by atoms with Gasteiger partial charge in [-0.3, -0.25) is 0 Å². The van der Waals surface area contributed by atoms with Gasteiger partial charge in [0.2, 0.25) is 0 Å². The van der Waals surface area contributed by atoms with Gasteiger partial charge < -0.3 is 15.4 Å². The number of benzene rings is 1. The Morgan fingerprint density at radius 2 is 2.05 bits per heavy atom. The minimum absolute atomic E-state index is 0.577. The SMILES string of the molecule is CCCCCCCN1CCOc2cc(CN)ccc21. The molecule has 0 aliphatic carbocycles. The third-order valence-electron chi connectivity index (χ3n) is 3.75. The molecule has 106 valence electrons. The van der Waals surface area contributed by atoms with Crippen LogP contribution >= 0.6 is 0 Å². The van der Waals surface area contributed by atoms with Crippen LogP contribution in [-0.2, 0) is 6.54 Å². The highest BCUT2D eigenvalue weighted by Crippen LogP contribution is 2.32. The molecule has 0 spiro atoms. The van der Waals surface area contributed by atoms with Crippen LogP contribution in [0, 0.1) is 0 Å². The van der Waals surface area contributed by atoms with Crippen molar-refractivity contribution in [3.8, 4) is 5.75 Å². The van der Waals surface area contributed by atoms with Crippen molar-refractivity contribution in [2.24, 2.45) is 5.73 Å². The first kappa shape index (κ1) is 14.2. The van der Waals surface area contributed by atoms with E-state index >= 15 is 0 Å². The molecule has 2 rings (SSSR count). The van der Waals surface area contributed by atoms with Gasteiger partial charge in [0.25, 0.3) is 0 Å². The predicted molar refractivity (Wildman–Crippen MR) is 80.8 cm³/mol. The maximum absolute atomic E-state index is 5.74. The highest BCUT2D eigenvalue weighted by Gasteiger charge is 2.17. The molecule has 0 bridgehead atoms. The molecule has 0 saturated carbocycles. The first-order valence-corrected chi connectivity index (χ1v) is 7.56. The Labute approximate surface area is 116 Å². The van der Waals surface area contributed by atoms with E-state index in [1.165, 1.54) is 37.8 Å². The zero-order chi connectivity index (χ0) is 13.5. The van der Waals surface area contributed by atoms with Crippen LogP contribution in [0.5, 0.6) is 5.75 Å². The maximum atomic E-state index is 5.74. The zero-order valence-electron chi connectivity index (χ0n) is 12.0. The van der Waals surface area contributed by atoms with Gasteiger partial charge in [0.05, 0.1) is 12.2 Å². The third-order valence-corrected chi connectivity index (χ3v) is 3.75. The van der Waals surface area contributed by atoms with Crippen molar-refractivity contribution in [1.82, 2.24) is 0 Å². The van der Waals surface area contributed by atoms with Gasteiger partial charge in [-0.25, -0.2) is 0 Å². The van der Waals surface area contributed by atoms with Gasteiger partial charge in [-0.05, 0) is 24.1 Å². The summed E-state index contributed by atoms with van der Waals surface area (Å²) in [7, 11) is 0. The summed E-state index contributed by atoms with van der Waals surface area (Å²) in [5.41, 5.74) is 8.05. The molecule has 0 aromatic heterocycles. The molecular formula is C16H26N2O. The maximum Gasteiger partial charge on any atom is 0.143 e. The second kappa shape index (κ2) is 7.39. The summed E-state index contributed by atoms with van der Waals surface area (Å²) < 4.78 is 5.74. The van der Waals surface area contributed by atoms with Crippen LogP contribution in [0.15, 0.2) is 18.2 Å². The number of hydrogen-bond donors (Lipinski definition) is 1. The van der Waals surface area contributed by atoms with Crippen molar-refractivity contribution in [3.05, 3.63) is 23.8 Å². The lowest BCUT2D eigenvalue weighted by Crippen LogP contribution is -2.33. The summed E-state index contributed by atoms with van der Waals surface area (Å²) in [5, 5.41) is 0. The van der Waals surface area contributed by atoms with Gasteiger partial charge in [0, 0.05) is 13.1 Å². The number of anilines is 1. The highest BCUT2D eigenvalue weighted by atomic mass is 16.5. The van der Waals surface area contributed by atoms with Gasteiger partial charge >= 0.3 is 0 Å². The number of nitrogens with zero attached hydrogens (tertiary/aromatic N) is 1. The van der Waals surface area contributed by atoms with Crippen molar-refractivity contribution in [1.29, 1.82) is 0 Å². The first-order valence-electron chi connectivity index (χ1n) is 7.56. The van der Waals surface area contributed by atoms with Crippen molar-refractivity contribution >= 4 is 5.69 Å². The smallest absolute Gasteiger partial charge is 0.143 e. The lowest BCUT2D eigenvalue weighted by Gasteiger charge is -2.31. The Morgan fingerprint density at radius 1 is 1.21 bits per heavy atom. The molecule has 3 nitrogen and oxygen atoms in total. The molecule has 0 radical (unpaired) electrons. The molecule has 2 N–H and O–H groups in total.